The molecule has 0 heterocycles. The van der Waals surface area contributed by atoms with E-state index in [1.54, 1.807) is 0 Å². The summed E-state index contributed by atoms with van der Waals surface area (Å²) in [7, 11) is 0. The molecular weight excluding hydrogens is 260 g/mol. The maximum Gasteiger partial charge on any atom is 0.237 e. The van der Waals surface area contributed by atoms with Crippen molar-refractivity contribution in [2.45, 2.75) is 46.2 Å². The number of carbonyl (C=O) groups is 1. The molecule has 1 aromatic carbocycles. The Morgan fingerprint density at radius 3 is 2.21 bits per heavy atom. The molecule has 3 nitrogen and oxygen atoms in total. The fourth-order valence-corrected chi connectivity index (χ4v) is 1.87. The highest BCUT2D eigenvalue weighted by Crippen LogP contribution is 2.13. The van der Waals surface area contributed by atoms with Crippen LogP contribution in [0.5, 0.6) is 0 Å². The molecule has 0 aliphatic carbocycles. The summed E-state index contributed by atoms with van der Waals surface area (Å²) >= 11 is 0. The summed E-state index contributed by atoms with van der Waals surface area (Å²) in [5.41, 5.74) is 8.18. The number of nitrogens with one attached hydrogen (secondary N) is 1. The van der Waals surface area contributed by atoms with Crippen molar-refractivity contribution in [1.29, 1.82) is 0 Å². The molecule has 0 saturated carbocycles. The average Bonchev–Trinajstić information content (AvgIpc) is 2.28. The SMILES string of the molecule is Cc1ccc(C(C)NC(=O)[C@@H](N)CC(C)C)cc1.Cl. The summed E-state index contributed by atoms with van der Waals surface area (Å²) in [5.74, 6) is 0.359. The van der Waals surface area contributed by atoms with Crippen LogP contribution in [0.15, 0.2) is 24.3 Å². The third-order valence-electron chi connectivity index (χ3n) is 3.00. The van der Waals surface area contributed by atoms with Crippen LogP contribution in [-0.2, 0) is 4.79 Å². The van der Waals surface area contributed by atoms with Gasteiger partial charge in [-0.3, -0.25) is 4.79 Å². The van der Waals surface area contributed by atoms with Gasteiger partial charge in [0.1, 0.15) is 0 Å². The predicted octanol–water partition coefficient (Wildman–Crippen LogP) is 2.97. The number of rotatable bonds is 5. The highest BCUT2D eigenvalue weighted by atomic mass is 35.5. The summed E-state index contributed by atoms with van der Waals surface area (Å²) in [6.07, 6.45) is 0.715. The molecule has 19 heavy (non-hydrogen) atoms. The van der Waals surface area contributed by atoms with Gasteiger partial charge in [0, 0.05) is 0 Å². The Bertz CT molecular complexity index is 390. The van der Waals surface area contributed by atoms with E-state index in [1.807, 2.05) is 38.1 Å². The molecule has 0 aliphatic rings. The zero-order valence-corrected chi connectivity index (χ0v) is 13.0. The number of nitrogens with two attached hydrogens (primary N) is 1. The topological polar surface area (TPSA) is 55.1 Å². The van der Waals surface area contributed by atoms with Crippen LogP contribution in [0, 0.1) is 12.8 Å². The van der Waals surface area contributed by atoms with Crippen LogP contribution in [0.3, 0.4) is 0 Å². The monoisotopic (exact) mass is 284 g/mol. The van der Waals surface area contributed by atoms with Crippen LogP contribution in [-0.4, -0.2) is 11.9 Å². The minimum Gasteiger partial charge on any atom is -0.348 e. The lowest BCUT2D eigenvalue weighted by atomic mass is 10.0. The molecule has 3 N–H and O–H groups in total. The van der Waals surface area contributed by atoms with E-state index in [4.69, 9.17) is 5.73 Å². The lowest BCUT2D eigenvalue weighted by Crippen LogP contribution is -2.42. The Hall–Kier alpha value is -1.06. The average molecular weight is 285 g/mol. The Morgan fingerprint density at radius 2 is 1.74 bits per heavy atom. The zero-order chi connectivity index (χ0) is 13.7. The zero-order valence-electron chi connectivity index (χ0n) is 12.1. The quantitative estimate of drug-likeness (QED) is 0.873. The Labute approximate surface area is 122 Å². The second-order valence-corrected chi connectivity index (χ2v) is 5.38. The minimum absolute atomic E-state index is 0. The summed E-state index contributed by atoms with van der Waals surface area (Å²) in [4.78, 5) is 11.9. The van der Waals surface area contributed by atoms with Crippen LogP contribution in [0.4, 0.5) is 0 Å². The van der Waals surface area contributed by atoms with E-state index in [1.165, 1.54) is 5.56 Å². The molecule has 0 radical (unpaired) electrons. The van der Waals surface area contributed by atoms with Crippen molar-refractivity contribution < 1.29 is 4.79 Å². The normalized spacial score (nSPS) is 13.6. The molecule has 0 aliphatic heterocycles. The summed E-state index contributed by atoms with van der Waals surface area (Å²) in [6, 6.07) is 7.75. The van der Waals surface area contributed by atoms with E-state index in [0.717, 1.165) is 5.56 Å². The molecular formula is C15H25ClN2O. The molecule has 1 unspecified atom stereocenters. The molecule has 0 fully saturated rings. The van der Waals surface area contributed by atoms with Crippen LogP contribution < -0.4 is 11.1 Å². The molecule has 4 heteroatoms. The van der Waals surface area contributed by atoms with Crippen LogP contribution in [0.1, 0.15) is 44.4 Å². The standard InChI is InChI=1S/C15H24N2O.ClH/c1-10(2)9-14(16)15(18)17-12(4)13-7-5-11(3)6-8-13;/h5-8,10,12,14H,9,16H2,1-4H3,(H,17,18);1H/t12?,14-;/m0./s1. The maximum absolute atomic E-state index is 11.9. The fourth-order valence-electron chi connectivity index (χ4n) is 1.87. The number of carbonyl (C=O) groups excluding carboxylic acids is 1. The summed E-state index contributed by atoms with van der Waals surface area (Å²) in [5, 5.41) is 2.96. The summed E-state index contributed by atoms with van der Waals surface area (Å²) in [6.45, 7) is 8.16. The van der Waals surface area contributed by atoms with Gasteiger partial charge in [-0.05, 0) is 31.7 Å². The van der Waals surface area contributed by atoms with Crippen LogP contribution in [0.2, 0.25) is 0 Å². The number of aryl methyl sites for hydroxylation is 1. The number of hydrogen-bond donors (Lipinski definition) is 2. The molecule has 1 rings (SSSR count). The van der Waals surface area contributed by atoms with Gasteiger partial charge in [0.05, 0.1) is 12.1 Å². The van der Waals surface area contributed by atoms with Gasteiger partial charge < -0.3 is 11.1 Å². The van der Waals surface area contributed by atoms with E-state index < -0.39 is 6.04 Å². The molecule has 108 valence electrons. The molecule has 1 aromatic rings. The Balaban J connectivity index is 0.00000324. The highest BCUT2D eigenvalue weighted by molar-refractivity contribution is 5.85. The fraction of sp³-hybridized carbons (Fsp3) is 0.533. The molecule has 0 bridgehead atoms. The minimum atomic E-state index is -0.419. The summed E-state index contributed by atoms with van der Waals surface area (Å²) < 4.78 is 0. The third kappa shape index (κ3) is 6.08. The van der Waals surface area contributed by atoms with Gasteiger partial charge in [0.15, 0.2) is 0 Å². The van der Waals surface area contributed by atoms with E-state index in [2.05, 4.69) is 19.2 Å². The van der Waals surface area contributed by atoms with Crippen molar-refractivity contribution in [3.8, 4) is 0 Å². The van der Waals surface area contributed by atoms with Crippen LogP contribution in [0.25, 0.3) is 0 Å². The first kappa shape index (κ1) is 17.9. The molecule has 0 saturated heterocycles. The van der Waals surface area contributed by atoms with Crippen molar-refractivity contribution >= 4 is 18.3 Å². The number of amides is 1. The van der Waals surface area contributed by atoms with Gasteiger partial charge in [-0.25, -0.2) is 0 Å². The lowest BCUT2D eigenvalue weighted by Gasteiger charge is -2.19. The largest absolute Gasteiger partial charge is 0.348 e. The van der Waals surface area contributed by atoms with Crippen molar-refractivity contribution in [3.05, 3.63) is 35.4 Å². The first-order valence-electron chi connectivity index (χ1n) is 6.52. The van der Waals surface area contributed by atoms with Crippen molar-refractivity contribution in [2.75, 3.05) is 0 Å². The van der Waals surface area contributed by atoms with Crippen molar-refractivity contribution in [3.63, 3.8) is 0 Å². The maximum atomic E-state index is 11.9. The first-order valence-corrected chi connectivity index (χ1v) is 6.52. The Kier molecular flexibility index (Phi) is 7.72. The van der Waals surface area contributed by atoms with Gasteiger partial charge in [-0.1, -0.05) is 43.7 Å². The van der Waals surface area contributed by atoms with E-state index in [9.17, 15) is 4.79 Å². The van der Waals surface area contributed by atoms with Gasteiger partial charge >= 0.3 is 0 Å². The smallest absolute Gasteiger partial charge is 0.237 e. The van der Waals surface area contributed by atoms with E-state index in [-0.39, 0.29) is 24.4 Å². The first-order chi connectivity index (χ1) is 8.40. The van der Waals surface area contributed by atoms with Gasteiger partial charge in [0.2, 0.25) is 5.91 Å². The second-order valence-electron chi connectivity index (χ2n) is 5.38. The third-order valence-corrected chi connectivity index (χ3v) is 3.00. The van der Waals surface area contributed by atoms with E-state index in [0.29, 0.717) is 12.3 Å². The molecule has 0 aromatic heterocycles. The Morgan fingerprint density at radius 1 is 1.21 bits per heavy atom. The van der Waals surface area contributed by atoms with Crippen LogP contribution >= 0.6 is 12.4 Å². The molecule has 2 atom stereocenters. The van der Waals surface area contributed by atoms with Gasteiger partial charge in [-0.2, -0.15) is 0 Å². The number of halogens is 1. The number of hydrogen-bond acceptors (Lipinski definition) is 2. The molecule has 0 spiro atoms. The van der Waals surface area contributed by atoms with Crippen molar-refractivity contribution in [2.24, 2.45) is 11.7 Å². The van der Waals surface area contributed by atoms with Gasteiger partial charge in [-0.15, -0.1) is 12.4 Å². The highest BCUT2D eigenvalue weighted by Gasteiger charge is 2.17. The van der Waals surface area contributed by atoms with E-state index >= 15 is 0 Å². The molecule has 1 amide bonds. The predicted molar refractivity (Wildman–Crippen MR) is 82.4 cm³/mol. The van der Waals surface area contributed by atoms with Crippen molar-refractivity contribution in [1.82, 2.24) is 5.32 Å². The lowest BCUT2D eigenvalue weighted by molar-refractivity contribution is -0.123. The second kappa shape index (κ2) is 8.18. The van der Waals surface area contributed by atoms with Gasteiger partial charge in [0.25, 0.3) is 0 Å². The number of benzene rings is 1.